The molecule has 0 aromatic carbocycles. The molecule has 0 radical (unpaired) electrons. The third-order valence-electron chi connectivity index (χ3n) is 6.26. The van der Waals surface area contributed by atoms with Gasteiger partial charge in [-0.2, -0.15) is 0 Å². The summed E-state index contributed by atoms with van der Waals surface area (Å²) in [6.45, 7) is 3.38. The normalized spacial score (nSPS) is 18.2. The number of fused-ring (bicyclic) bond motifs is 2. The Labute approximate surface area is 176 Å². The number of nitrogens with one attached hydrogen (secondary N) is 1. The Morgan fingerprint density at radius 3 is 2.76 bits per heavy atom. The highest BCUT2D eigenvalue weighted by Gasteiger charge is 2.45. The summed E-state index contributed by atoms with van der Waals surface area (Å²) in [5.41, 5.74) is 8.38. The fourth-order valence-electron chi connectivity index (χ4n) is 4.60. The van der Waals surface area contributed by atoms with Crippen molar-refractivity contribution in [2.45, 2.75) is 56.9 Å². The summed E-state index contributed by atoms with van der Waals surface area (Å²) in [6, 6.07) is 3.32. The van der Waals surface area contributed by atoms with Crippen LogP contribution >= 0.6 is 12.4 Å². The zero-order valence-corrected chi connectivity index (χ0v) is 17.5. The first-order valence-electron chi connectivity index (χ1n) is 10.1. The van der Waals surface area contributed by atoms with Crippen LogP contribution in [0.2, 0.25) is 0 Å². The Hall–Kier alpha value is -2.25. The van der Waals surface area contributed by atoms with Crippen molar-refractivity contribution in [1.29, 1.82) is 0 Å². The number of likely N-dealkylation sites (tertiary alicyclic amines) is 1. The largest absolute Gasteiger partial charge is 0.341 e. The number of carbonyl (C=O) groups excluding carboxylic acids is 1. The number of hydrogen-bond donors (Lipinski definition) is 2. The average molecular weight is 418 g/mol. The van der Waals surface area contributed by atoms with Gasteiger partial charge in [-0.1, -0.05) is 13.3 Å². The number of hydrogen-bond acceptors (Lipinski definition) is 5. The highest BCUT2D eigenvalue weighted by Crippen LogP contribution is 2.44. The van der Waals surface area contributed by atoms with Gasteiger partial charge in [0.2, 0.25) is 5.91 Å². The maximum Gasteiger partial charge on any atom is 0.254 e. The fraction of sp³-hybridized carbons (Fsp3) is 0.524. The monoisotopic (exact) mass is 417 g/mol. The predicted octanol–water partition coefficient (Wildman–Crippen LogP) is 2.19. The molecule has 2 aromatic rings. The zero-order valence-electron chi connectivity index (χ0n) is 16.7. The van der Waals surface area contributed by atoms with Crippen LogP contribution in [0.1, 0.15) is 50.3 Å². The van der Waals surface area contributed by atoms with Crippen LogP contribution in [-0.4, -0.2) is 44.9 Å². The molecule has 0 bridgehead atoms. The minimum atomic E-state index is -0.409. The standard InChI is InChI=1S/C21H27N5O2.ClH/c1-2-4-16(22)20(28)26-11-8-21(9-12-26)7-6-15-17(21)24-18(25-19(15)27)14-5-3-10-23-13-14;/h3,5,10,13,16H,2,4,6-9,11-12,22H2,1H3,(H,24,25,27);1H/t16-;/m0./s1. The fourth-order valence-corrected chi connectivity index (χ4v) is 4.60. The van der Waals surface area contributed by atoms with E-state index in [4.69, 9.17) is 10.7 Å². The summed E-state index contributed by atoms with van der Waals surface area (Å²) in [4.78, 5) is 39.0. The summed E-state index contributed by atoms with van der Waals surface area (Å²) < 4.78 is 0. The van der Waals surface area contributed by atoms with E-state index in [1.807, 2.05) is 24.0 Å². The van der Waals surface area contributed by atoms with Gasteiger partial charge < -0.3 is 15.6 Å². The molecule has 29 heavy (non-hydrogen) atoms. The third-order valence-corrected chi connectivity index (χ3v) is 6.26. The van der Waals surface area contributed by atoms with Gasteiger partial charge in [0.15, 0.2) is 0 Å². The molecule has 4 rings (SSSR count). The Morgan fingerprint density at radius 1 is 1.34 bits per heavy atom. The molecule has 2 aliphatic rings. The summed E-state index contributed by atoms with van der Waals surface area (Å²) in [6.07, 6.45) is 8.35. The van der Waals surface area contributed by atoms with E-state index < -0.39 is 6.04 Å². The third kappa shape index (κ3) is 3.94. The Morgan fingerprint density at radius 2 is 2.10 bits per heavy atom. The van der Waals surface area contributed by atoms with Crippen molar-refractivity contribution in [1.82, 2.24) is 19.9 Å². The number of H-pyrrole nitrogens is 1. The van der Waals surface area contributed by atoms with Crippen molar-refractivity contribution in [2.75, 3.05) is 13.1 Å². The average Bonchev–Trinajstić information content (AvgIpc) is 3.07. The van der Waals surface area contributed by atoms with Crippen LogP contribution in [0.5, 0.6) is 0 Å². The molecule has 1 amide bonds. The van der Waals surface area contributed by atoms with E-state index >= 15 is 0 Å². The molecule has 156 valence electrons. The van der Waals surface area contributed by atoms with Gasteiger partial charge in [-0.05, 0) is 44.2 Å². The van der Waals surface area contributed by atoms with E-state index in [2.05, 4.69) is 9.97 Å². The summed E-state index contributed by atoms with van der Waals surface area (Å²) >= 11 is 0. The quantitative estimate of drug-likeness (QED) is 0.793. The lowest BCUT2D eigenvalue weighted by atomic mass is 9.76. The lowest BCUT2D eigenvalue weighted by Gasteiger charge is -2.40. The van der Waals surface area contributed by atoms with E-state index in [0.29, 0.717) is 25.3 Å². The summed E-state index contributed by atoms with van der Waals surface area (Å²) in [5, 5.41) is 0. The molecule has 1 spiro atoms. The van der Waals surface area contributed by atoms with Crippen molar-refractivity contribution < 1.29 is 4.79 Å². The van der Waals surface area contributed by atoms with E-state index in [9.17, 15) is 9.59 Å². The number of rotatable bonds is 4. The van der Waals surface area contributed by atoms with Crippen molar-refractivity contribution in [2.24, 2.45) is 5.73 Å². The SMILES string of the molecule is CCC[C@H](N)C(=O)N1CCC2(CCc3c2nc(-c2cccnc2)[nH]c3=O)CC1.Cl. The van der Waals surface area contributed by atoms with Crippen molar-refractivity contribution >= 4 is 18.3 Å². The number of aromatic amines is 1. The molecule has 3 heterocycles. The number of pyridine rings is 1. The molecule has 1 saturated heterocycles. The van der Waals surface area contributed by atoms with Crippen LogP contribution < -0.4 is 11.3 Å². The van der Waals surface area contributed by atoms with Gasteiger partial charge in [-0.3, -0.25) is 14.6 Å². The molecule has 1 atom stereocenters. The van der Waals surface area contributed by atoms with Crippen molar-refractivity contribution in [3.8, 4) is 11.4 Å². The van der Waals surface area contributed by atoms with Crippen LogP contribution in [0.4, 0.5) is 0 Å². The molecule has 7 nitrogen and oxygen atoms in total. The van der Waals surface area contributed by atoms with Crippen LogP contribution in [0.3, 0.4) is 0 Å². The van der Waals surface area contributed by atoms with Gasteiger partial charge in [0, 0.05) is 42.0 Å². The van der Waals surface area contributed by atoms with Crippen LogP contribution in [0, 0.1) is 0 Å². The van der Waals surface area contributed by atoms with Gasteiger partial charge in [0.25, 0.3) is 5.56 Å². The number of aromatic nitrogens is 3. The second-order valence-corrected chi connectivity index (χ2v) is 7.98. The number of halogens is 1. The topological polar surface area (TPSA) is 105 Å². The molecule has 0 unspecified atom stereocenters. The van der Waals surface area contributed by atoms with Gasteiger partial charge in [-0.25, -0.2) is 4.98 Å². The number of nitrogens with zero attached hydrogens (tertiary/aromatic N) is 3. The molecule has 2 aromatic heterocycles. The number of carbonyl (C=O) groups is 1. The first-order chi connectivity index (χ1) is 13.5. The molecule has 8 heteroatoms. The zero-order chi connectivity index (χ0) is 19.7. The minimum absolute atomic E-state index is 0. The van der Waals surface area contributed by atoms with E-state index in [-0.39, 0.29) is 29.3 Å². The molecule has 3 N–H and O–H groups in total. The van der Waals surface area contributed by atoms with Gasteiger partial charge in [0.1, 0.15) is 5.82 Å². The minimum Gasteiger partial charge on any atom is -0.341 e. The molecule has 1 aliphatic heterocycles. The Kier molecular flexibility index (Phi) is 6.39. The second kappa shape index (κ2) is 8.63. The molecular weight excluding hydrogens is 390 g/mol. The van der Waals surface area contributed by atoms with Gasteiger partial charge in [-0.15, -0.1) is 12.4 Å². The predicted molar refractivity (Wildman–Crippen MR) is 114 cm³/mol. The highest BCUT2D eigenvalue weighted by molar-refractivity contribution is 5.85. The van der Waals surface area contributed by atoms with Crippen LogP contribution in [-0.2, 0) is 16.6 Å². The van der Waals surface area contributed by atoms with Crippen molar-refractivity contribution in [3.05, 3.63) is 46.1 Å². The summed E-state index contributed by atoms with van der Waals surface area (Å²) in [5.74, 6) is 0.617. The smallest absolute Gasteiger partial charge is 0.254 e. The van der Waals surface area contributed by atoms with Crippen LogP contribution in [0.15, 0.2) is 29.3 Å². The van der Waals surface area contributed by atoms with E-state index in [1.54, 1.807) is 12.4 Å². The van der Waals surface area contributed by atoms with Crippen molar-refractivity contribution in [3.63, 3.8) is 0 Å². The van der Waals surface area contributed by atoms with Crippen LogP contribution in [0.25, 0.3) is 11.4 Å². The van der Waals surface area contributed by atoms with Gasteiger partial charge >= 0.3 is 0 Å². The maximum atomic E-state index is 12.7. The molecule has 0 saturated carbocycles. The van der Waals surface area contributed by atoms with Gasteiger partial charge in [0.05, 0.1) is 11.7 Å². The number of piperidine rings is 1. The number of amides is 1. The Balaban J connectivity index is 0.00000240. The molecule has 1 fully saturated rings. The lowest BCUT2D eigenvalue weighted by Crippen LogP contribution is -2.50. The maximum absolute atomic E-state index is 12.7. The second-order valence-electron chi connectivity index (χ2n) is 7.98. The highest BCUT2D eigenvalue weighted by atomic mass is 35.5. The first-order valence-corrected chi connectivity index (χ1v) is 10.1. The summed E-state index contributed by atoms with van der Waals surface area (Å²) in [7, 11) is 0. The molecular formula is C21H28ClN5O2. The Bertz CT molecular complexity index is 922. The molecule has 1 aliphatic carbocycles. The number of nitrogens with two attached hydrogens (primary N) is 1. The lowest BCUT2D eigenvalue weighted by molar-refractivity contribution is -0.134. The van der Waals surface area contributed by atoms with E-state index in [0.717, 1.165) is 48.9 Å². The first kappa shape index (κ1) is 21.5. The van der Waals surface area contributed by atoms with E-state index in [1.165, 1.54) is 0 Å².